The van der Waals surface area contributed by atoms with Crippen molar-refractivity contribution < 1.29 is 72.3 Å². The quantitative estimate of drug-likeness (QED) is 0.0200. The monoisotopic (exact) mass is 1910 g/mol. The molecule has 0 aliphatic heterocycles. The lowest BCUT2D eigenvalue weighted by molar-refractivity contribution is -0.138. The van der Waals surface area contributed by atoms with E-state index in [1.54, 1.807) is 66.7 Å². The van der Waals surface area contributed by atoms with Crippen molar-refractivity contribution in [2.45, 2.75) is 44.0 Å². The average molecular weight is 1920 g/mol. The number of nitrogen functional groups attached to an aromatic ring is 1. The number of anilines is 1. The zero-order valence-electron chi connectivity index (χ0n) is 64.1. The summed E-state index contributed by atoms with van der Waals surface area (Å²) >= 11 is 9.60. The summed E-state index contributed by atoms with van der Waals surface area (Å²) in [4.78, 5) is 75.8. The number of hydrogen-bond donors (Lipinski definition) is 5. The molecule has 7 heterocycles. The molecule has 17 rings (SSSR count). The fraction of sp³-hybridized carbons (Fsp3) is 0.0920. The van der Waals surface area contributed by atoms with Crippen molar-refractivity contribution in [3.8, 4) is 23.7 Å². The highest BCUT2D eigenvalue weighted by atomic mass is 79.9. The van der Waals surface area contributed by atoms with E-state index in [0.717, 1.165) is 81.6 Å². The van der Waals surface area contributed by atoms with E-state index in [0.29, 0.717) is 115 Å². The third-order valence-electron chi connectivity index (χ3n) is 17.4. The molecule has 0 aliphatic carbocycles. The zero-order chi connectivity index (χ0) is 90.5. The molecule has 0 fully saturated rings. The normalized spacial score (nSPS) is 11.3. The van der Waals surface area contributed by atoms with E-state index in [9.17, 15) is 72.6 Å². The van der Waals surface area contributed by atoms with Gasteiger partial charge in [-0.1, -0.05) is 120 Å². The second-order valence-electron chi connectivity index (χ2n) is 26.1. The van der Waals surface area contributed by atoms with Crippen LogP contribution in [0, 0.1) is 28.1 Å². The van der Waals surface area contributed by atoms with Crippen molar-refractivity contribution in [2.75, 3.05) is 12.3 Å². The van der Waals surface area contributed by atoms with Gasteiger partial charge in [0.25, 0.3) is 0 Å². The van der Waals surface area contributed by atoms with Gasteiger partial charge in [0.15, 0.2) is 17.7 Å². The van der Waals surface area contributed by atoms with Gasteiger partial charge in [-0.25, -0.2) is 64.6 Å². The minimum atomic E-state index is -4.40. The Labute approximate surface area is 728 Å². The molecule has 0 amide bonds. The second-order valence-corrected chi connectivity index (χ2v) is 28.3. The third-order valence-corrected chi connectivity index (χ3v) is 19.1. The Bertz CT molecular complexity index is 6940. The Kier molecular flexibility index (Phi) is 30.3. The first-order valence-electron chi connectivity index (χ1n) is 36.3. The molecule has 0 spiro atoms. The number of halogens is 15. The fourth-order valence-corrected chi connectivity index (χ4v) is 12.5. The Hall–Kier alpha value is -14.7. The minimum Gasteiger partial charge on any atom is -0.411 e. The van der Waals surface area contributed by atoms with E-state index in [2.05, 4.69) is 127 Å². The van der Waals surface area contributed by atoms with Crippen molar-refractivity contribution in [1.82, 2.24) is 69.9 Å². The van der Waals surface area contributed by atoms with E-state index in [4.69, 9.17) is 21.6 Å². The van der Waals surface area contributed by atoms with Gasteiger partial charge in [-0.15, -0.1) is 0 Å². The van der Waals surface area contributed by atoms with Crippen LogP contribution in [0.5, 0.6) is 0 Å². The predicted molar refractivity (Wildman–Crippen MR) is 453 cm³/mol. The summed E-state index contributed by atoms with van der Waals surface area (Å²) < 4.78 is 156. The van der Waals surface area contributed by atoms with Gasteiger partial charge < -0.3 is 21.5 Å². The number of nitrogens with zero attached hydrogens (tertiary/aromatic N) is 16. The number of nitrogens with one attached hydrogen (secondary N) is 2. The Morgan fingerprint density at radius 3 is 1.10 bits per heavy atom. The zero-order valence-corrected chi connectivity index (χ0v) is 68.9. The first-order valence-corrected chi connectivity index (χ1v) is 38.7. The number of oxime groups is 1. The molecule has 0 bridgehead atoms. The number of aldehydes is 1. The minimum absolute atomic E-state index is 0.0832. The van der Waals surface area contributed by atoms with E-state index in [1.807, 2.05) is 91.0 Å². The van der Waals surface area contributed by atoms with Gasteiger partial charge >= 0.3 is 30.5 Å². The summed E-state index contributed by atoms with van der Waals surface area (Å²) in [7, 11) is 0. The highest BCUT2D eigenvalue weighted by Gasteiger charge is 2.33. The van der Waals surface area contributed by atoms with Crippen molar-refractivity contribution in [3.63, 3.8) is 0 Å². The number of alkyl halides is 12. The Morgan fingerprint density at radius 1 is 0.421 bits per heavy atom. The molecule has 0 saturated carbocycles. The van der Waals surface area contributed by atoms with E-state index in [1.165, 1.54) is 54.7 Å². The van der Waals surface area contributed by atoms with Crippen molar-refractivity contribution in [2.24, 2.45) is 5.16 Å². The summed E-state index contributed by atoms with van der Waals surface area (Å²) in [5.41, 5.74) is 16.0. The Balaban J connectivity index is 0.000000146. The number of benzene rings is 10. The highest BCUT2D eigenvalue weighted by Crippen LogP contribution is 2.35. The number of nitriles is 2. The summed E-state index contributed by atoms with van der Waals surface area (Å²) in [5, 5.41) is 50.0. The van der Waals surface area contributed by atoms with Gasteiger partial charge in [0, 0.05) is 24.9 Å². The molecule has 39 heteroatoms. The van der Waals surface area contributed by atoms with Crippen LogP contribution in [0.15, 0.2) is 271 Å². The molecule has 634 valence electrons. The number of aromatic nitrogens is 14. The molecule has 126 heavy (non-hydrogen) atoms. The van der Waals surface area contributed by atoms with Gasteiger partial charge in [0.1, 0.15) is 48.7 Å². The number of carbonyl (C=O) groups excluding carboxylic acids is 1. The first kappa shape index (κ1) is 92.1. The van der Waals surface area contributed by atoms with Crippen molar-refractivity contribution in [1.29, 1.82) is 15.9 Å². The molecule has 6 N–H and O–H groups in total. The molecule has 0 saturated heterocycles. The van der Waals surface area contributed by atoms with Gasteiger partial charge in [0.2, 0.25) is 5.82 Å². The summed E-state index contributed by atoms with van der Waals surface area (Å²) in [6, 6.07) is 66.4. The lowest BCUT2D eigenvalue weighted by atomic mass is 10.0. The number of aromatic amines is 1. The van der Waals surface area contributed by atoms with Crippen molar-refractivity contribution >= 4 is 138 Å². The maximum Gasteiger partial charge on any atom is 0.439 e. The number of nitrogens with two attached hydrogens (primary N) is 1. The van der Waals surface area contributed by atoms with Crippen LogP contribution in [0.3, 0.4) is 0 Å². The maximum absolute atomic E-state index is 12.7. The molecule has 0 aliphatic rings. The molecule has 0 radical (unpaired) electrons. The molecular weight excluding hydrogens is 1860 g/mol. The predicted octanol–water partition coefficient (Wildman–Crippen LogP) is 20.3. The molecular formula is C87H56Br3F12N19O5. The van der Waals surface area contributed by atoms with Crippen LogP contribution in [-0.2, 0) is 44.0 Å². The number of aliphatic hydroxyl groups excluding tert-OH is 1. The molecule has 24 nitrogen and oxygen atoms in total. The summed E-state index contributed by atoms with van der Waals surface area (Å²) in [6.45, 7) is -0.493. The topological polar surface area (TPSA) is 381 Å². The van der Waals surface area contributed by atoms with Crippen LogP contribution in [0.2, 0.25) is 0 Å². The smallest absolute Gasteiger partial charge is 0.411 e. The van der Waals surface area contributed by atoms with E-state index < -0.39 is 59.3 Å². The van der Waals surface area contributed by atoms with Gasteiger partial charge in [-0.3, -0.25) is 14.3 Å². The largest absolute Gasteiger partial charge is 0.439 e. The molecule has 7 aromatic heterocycles. The number of hydrogen-bond acceptors (Lipinski definition) is 23. The third kappa shape index (κ3) is 24.8. The Morgan fingerprint density at radius 2 is 0.730 bits per heavy atom. The maximum atomic E-state index is 12.7. The highest BCUT2D eigenvalue weighted by molar-refractivity contribution is 9.11. The number of para-hydroxylation sites is 12. The van der Waals surface area contributed by atoms with E-state index in [-0.39, 0.29) is 42.2 Å². The van der Waals surface area contributed by atoms with Gasteiger partial charge in [-0.2, -0.15) is 63.2 Å². The summed E-state index contributed by atoms with van der Waals surface area (Å²) in [5.74, 6) is -0.624. The average Bonchev–Trinajstić information content (AvgIpc) is 1.12. The van der Waals surface area contributed by atoms with Crippen LogP contribution < -0.4 is 11.5 Å². The fourth-order valence-electron chi connectivity index (χ4n) is 11.3. The van der Waals surface area contributed by atoms with Crippen LogP contribution in [0.1, 0.15) is 89.3 Å². The summed E-state index contributed by atoms with van der Waals surface area (Å²) in [6.07, 6.45) is -14.8. The lowest BCUT2D eigenvalue weighted by Gasteiger charge is -2.11. The number of rotatable bonds is 11. The van der Waals surface area contributed by atoms with Crippen LogP contribution in [0.25, 0.3) is 77.7 Å². The molecule has 17 aromatic rings. The number of fused-ring (bicyclic) bond motifs is 6. The van der Waals surface area contributed by atoms with Crippen LogP contribution in [0.4, 0.5) is 58.4 Å². The standard InChI is InChI=1S/C18H11F3N4O2.C18H14F3N3O.C17H10F3N3.C9H6BrN3O.C9H4BrN3.C9H5BrN2O.C7H6F3N/c19-18(20,21)11-7-5-10(6-8-11)9-14-15(16-24-17(26)27-25-16)23-13-4-2-1-3-12(13)22-14;19-18(20,21)12-7-5-11(6-8-12)9-16-17(13(22)10-25)24-15-4-2-1-3-14(15)23-16;18-17(19,20)12-7-5-11(6-8-12)9-15-16(10-21)23-14-4-2-1-3-13(14)22-15;10-9-8(5-11-14)12-6-3-1-2-4-7(6)13-9;10-9-8(5-11)12-6-3-1-2-4-7(6)13-9;10-9-8(5-13)11-6-3-1-2-4-7(6)12-9;8-7(9,10)5-1-3-6(11)4-2-5/h1-8H,9H2,(H,24,25,26);1-8,22,25H,9-10H2;1-8H,9H2;1-5,14H;1-4H;1-5H;1-4H,11H2/b;;;11-5+;;;. The number of H-pyrrole nitrogens is 1. The first-order chi connectivity index (χ1) is 60.2. The molecule has 0 atom stereocenters. The number of carbonyl (C=O) groups is 1. The second kappa shape index (κ2) is 41.5. The molecule has 0 unspecified atom stereocenters. The SMILES string of the molecule is N#Cc1nc2ccccc2nc1Br.N#Cc1nc2ccccc2nc1Cc1ccc(C(F)(F)F)cc1.N=C(CO)c1nc2ccccc2nc1Cc1ccc(C(F)(F)F)cc1.Nc1ccc(C(F)(F)F)cc1.O/N=C/c1nc2ccccc2nc1Br.O=Cc1nc2ccccc2nc1Br.O=c1[nH]c(-c2nc3ccccc3nc2Cc2ccc(C(F)(F)F)cc2)no1. The number of aliphatic hydroxyl groups is 1. The molecule has 10 aromatic carbocycles. The van der Waals surface area contributed by atoms with Crippen LogP contribution in [-0.4, -0.2) is 105 Å². The van der Waals surface area contributed by atoms with E-state index >= 15 is 0 Å². The van der Waals surface area contributed by atoms with Gasteiger partial charge in [0.05, 0.1) is 124 Å². The lowest BCUT2D eigenvalue weighted by Crippen LogP contribution is -2.13. The van der Waals surface area contributed by atoms with Gasteiger partial charge in [-0.05, 0) is 198 Å². The van der Waals surface area contributed by atoms with Crippen LogP contribution >= 0.6 is 47.8 Å². The van der Waals surface area contributed by atoms with Crippen molar-refractivity contribution in [3.05, 3.63) is 352 Å².